The second kappa shape index (κ2) is 7.89. The second-order valence-electron chi connectivity index (χ2n) is 7.42. The van der Waals surface area contributed by atoms with Crippen LogP contribution in [-0.2, 0) is 0 Å². The van der Waals surface area contributed by atoms with Crippen LogP contribution < -0.4 is 15.1 Å². The van der Waals surface area contributed by atoms with E-state index >= 15 is 0 Å². The van der Waals surface area contributed by atoms with Crippen molar-refractivity contribution in [2.75, 3.05) is 41.3 Å². The number of aryl methyl sites for hydroxylation is 3. The Balaban J connectivity index is 1.47. The molecule has 0 radical (unpaired) electrons. The van der Waals surface area contributed by atoms with Crippen molar-refractivity contribution in [2.45, 2.75) is 20.8 Å². The number of nitrogens with zero attached hydrogens (tertiary/aromatic N) is 4. The average molecular weight is 374 g/mol. The molecule has 1 aliphatic rings. The largest absolute Gasteiger partial charge is 0.368 e. The molecule has 1 aliphatic heterocycles. The van der Waals surface area contributed by atoms with Crippen molar-refractivity contribution in [2.24, 2.45) is 0 Å². The summed E-state index contributed by atoms with van der Waals surface area (Å²) in [4.78, 5) is 14.1. The van der Waals surface area contributed by atoms with Crippen LogP contribution in [-0.4, -0.2) is 36.1 Å². The second-order valence-corrected chi connectivity index (χ2v) is 7.42. The molecule has 1 fully saturated rings. The van der Waals surface area contributed by atoms with Gasteiger partial charge in [0.1, 0.15) is 5.82 Å². The molecule has 1 N–H and O–H groups in total. The Bertz CT molecular complexity index is 946. The third-order valence-electron chi connectivity index (χ3n) is 5.33. The Morgan fingerprint density at radius 3 is 2.18 bits per heavy atom. The highest BCUT2D eigenvalue weighted by molar-refractivity contribution is 5.58. The van der Waals surface area contributed by atoms with Crippen LogP contribution in [0.2, 0.25) is 0 Å². The van der Waals surface area contributed by atoms with Gasteiger partial charge in [-0.25, -0.2) is 4.98 Å². The van der Waals surface area contributed by atoms with Crippen molar-refractivity contribution in [3.05, 3.63) is 71.4 Å². The van der Waals surface area contributed by atoms with E-state index in [0.717, 1.165) is 43.4 Å². The van der Waals surface area contributed by atoms with Crippen molar-refractivity contribution < 1.29 is 0 Å². The van der Waals surface area contributed by atoms with E-state index < -0.39 is 0 Å². The summed E-state index contributed by atoms with van der Waals surface area (Å²) in [5.74, 6) is 1.65. The van der Waals surface area contributed by atoms with Gasteiger partial charge in [0.25, 0.3) is 0 Å². The van der Waals surface area contributed by atoms with E-state index in [1.54, 1.807) is 0 Å². The van der Waals surface area contributed by atoms with Crippen molar-refractivity contribution in [3.8, 4) is 0 Å². The van der Waals surface area contributed by atoms with Crippen molar-refractivity contribution in [3.63, 3.8) is 0 Å². The molecule has 2 heterocycles. The van der Waals surface area contributed by atoms with Crippen LogP contribution in [0.4, 0.5) is 23.1 Å². The molecule has 0 aliphatic carbocycles. The minimum Gasteiger partial charge on any atom is -0.368 e. The van der Waals surface area contributed by atoms with E-state index in [0.29, 0.717) is 5.95 Å². The van der Waals surface area contributed by atoms with E-state index in [9.17, 15) is 0 Å². The quantitative estimate of drug-likeness (QED) is 0.731. The fourth-order valence-corrected chi connectivity index (χ4v) is 3.55. The van der Waals surface area contributed by atoms with Gasteiger partial charge in [0.05, 0.1) is 0 Å². The molecule has 3 aromatic rings. The monoisotopic (exact) mass is 373 g/mol. The van der Waals surface area contributed by atoms with E-state index in [2.05, 4.69) is 88.5 Å². The first-order chi connectivity index (χ1) is 13.6. The Hall–Kier alpha value is -3.08. The summed E-state index contributed by atoms with van der Waals surface area (Å²) >= 11 is 0. The van der Waals surface area contributed by atoms with Gasteiger partial charge in [0.2, 0.25) is 5.95 Å². The molecule has 1 aromatic heterocycles. The van der Waals surface area contributed by atoms with E-state index in [-0.39, 0.29) is 0 Å². The molecular formula is C23H27N5. The van der Waals surface area contributed by atoms with Gasteiger partial charge >= 0.3 is 0 Å². The number of benzene rings is 2. The summed E-state index contributed by atoms with van der Waals surface area (Å²) in [6.07, 6.45) is 0. The molecule has 5 heteroatoms. The number of rotatable bonds is 4. The Morgan fingerprint density at radius 2 is 1.46 bits per heavy atom. The van der Waals surface area contributed by atoms with E-state index in [4.69, 9.17) is 4.98 Å². The molecule has 0 saturated carbocycles. The highest BCUT2D eigenvalue weighted by Crippen LogP contribution is 2.22. The van der Waals surface area contributed by atoms with E-state index in [1.165, 1.54) is 16.8 Å². The number of hydrogen-bond donors (Lipinski definition) is 1. The first kappa shape index (κ1) is 18.3. The lowest BCUT2D eigenvalue weighted by atomic mass is 10.1. The zero-order valence-corrected chi connectivity index (χ0v) is 16.8. The van der Waals surface area contributed by atoms with Gasteiger partial charge in [-0.05, 0) is 56.2 Å². The zero-order valence-electron chi connectivity index (χ0n) is 16.8. The summed E-state index contributed by atoms with van der Waals surface area (Å²) < 4.78 is 0. The predicted octanol–water partition coefficient (Wildman–Crippen LogP) is 4.47. The fraction of sp³-hybridized carbons (Fsp3) is 0.304. The summed E-state index contributed by atoms with van der Waals surface area (Å²) in [6.45, 7) is 10.2. The van der Waals surface area contributed by atoms with Crippen molar-refractivity contribution in [1.29, 1.82) is 0 Å². The number of anilines is 4. The number of para-hydroxylation sites is 1. The molecule has 0 spiro atoms. The van der Waals surface area contributed by atoms with E-state index in [1.807, 2.05) is 6.92 Å². The van der Waals surface area contributed by atoms with Gasteiger partial charge in [0, 0.05) is 49.3 Å². The smallest absolute Gasteiger partial charge is 0.229 e. The van der Waals surface area contributed by atoms with Gasteiger partial charge < -0.3 is 15.1 Å². The summed E-state index contributed by atoms with van der Waals surface area (Å²) in [6, 6.07) is 19.0. The molecule has 28 heavy (non-hydrogen) atoms. The third kappa shape index (κ3) is 4.09. The molecule has 0 atom stereocenters. The fourth-order valence-electron chi connectivity index (χ4n) is 3.55. The number of piperazine rings is 1. The number of hydrogen-bond acceptors (Lipinski definition) is 5. The lowest BCUT2D eigenvalue weighted by molar-refractivity contribution is 0.647. The lowest BCUT2D eigenvalue weighted by Crippen LogP contribution is -2.46. The number of aromatic nitrogens is 2. The van der Waals surface area contributed by atoms with Gasteiger partial charge in [0.15, 0.2) is 0 Å². The molecule has 0 unspecified atom stereocenters. The SMILES string of the molecule is Cc1cc(N2CCN(c3ccccc3)CC2)nc(Nc2ccc(C)c(C)c2)n1. The summed E-state index contributed by atoms with van der Waals surface area (Å²) in [5.41, 5.74) is 5.83. The lowest BCUT2D eigenvalue weighted by Gasteiger charge is -2.36. The minimum atomic E-state index is 0.656. The normalized spacial score (nSPS) is 14.2. The topological polar surface area (TPSA) is 44.3 Å². The molecule has 144 valence electrons. The van der Waals surface area contributed by atoms with Crippen molar-refractivity contribution >= 4 is 23.1 Å². The molecule has 1 saturated heterocycles. The number of nitrogens with one attached hydrogen (secondary N) is 1. The maximum atomic E-state index is 4.79. The first-order valence-electron chi connectivity index (χ1n) is 9.83. The predicted molar refractivity (Wildman–Crippen MR) is 117 cm³/mol. The zero-order chi connectivity index (χ0) is 19.5. The van der Waals surface area contributed by atoms with Crippen LogP contribution in [0.1, 0.15) is 16.8 Å². The van der Waals surface area contributed by atoms with Crippen LogP contribution in [0.5, 0.6) is 0 Å². The maximum Gasteiger partial charge on any atom is 0.229 e. The molecule has 2 aromatic carbocycles. The maximum absolute atomic E-state index is 4.79. The van der Waals surface area contributed by atoms with Crippen LogP contribution in [0.25, 0.3) is 0 Å². The van der Waals surface area contributed by atoms with Crippen LogP contribution in [0.3, 0.4) is 0 Å². The summed E-state index contributed by atoms with van der Waals surface area (Å²) in [7, 11) is 0. The molecule has 5 nitrogen and oxygen atoms in total. The highest BCUT2D eigenvalue weighted by Gasteiger charge is 2.19. The Labute approximate surface area is 167 Å². The molecule has 4 rings (SSSR count). The van der Waals surface area contributed by atoms with Gasteiger partial charge in [-0.2, -0.15) is 4.98 Å². The molecular weight excluding hydrogens is 346 g/mol. The minimum absolute atomic E-state index is 0.656. The Kier molecular flexibility index (Phi) is 5.15. The van der Waals surface area contributed by atoms with Crippen LogP contribution in [0.15, 0.2) is 54.6 Å². The molecule has 0 amide bonds. The Morgan fingerprint density at radius 1 is 0.750 bits per heavy atom. The third-order valence-corrected chi connectivity index (χ3v) is 5.33. The van der Waals surface area contributed by atoms with Crippen molar-refractivity contribution in [1.82, 2.24) is 9.97 Å². The molecule has 0 bridgehead atoms. The van der Waals surface area contributed by atoms with Gasteiger partial charge in [-0.15, -0.1) is 0 Å². The highest BCUT2D eigenvalue weighted by atomic mass is 15.3. The van der Waals surface area contributed by atoms with Gasteiger partial charge in [-0.3, -0.25) is 0 Å². The standard InChI is InChI=1S/C23H27N5/c1-17-9-10-20(15-18(17)2)25-23-24-19(3)16-22(26-23)28-13-11-27(12-14-28)21-7-5-4-6-8-21/h4-10,15-16H,11-14H2,1-3H3,(H,24,25,26). The summed E-state index contributed by atoms with van der Waals surface area (Å²) in [5, 5.41) is 3.37. The average Bonchev–Trinajstić information content (AvgIpc) is 2.71. The van der Waals surface area contributed by atoms with Crippen LogP contribution >= 0.6 is 0 Å². The van der Waals surface area contributed by atoms with Crippen LogP contribution in [0, 0.1) is 20.8 Å². The van der Waals surface area contributed by atoms with Gasteiger partial charge in [-0.1, -0.05) is 24.3 Å². The first-order valence-corrected chi connectivity index (χ1v) is 9.83.